The average molecular weight is 411 g/mol. The van der Waals surface area contributed by atoms with Gasteiger partial charge in [0.1, 0.15) is 0 Å². The summed E-state index contributed by atoms with van der Waals surface area (Å²) in [5, 5.41) is 14.9. The first-order chi connectivity index (χ1) is 14.7. The van der Waals surface area contributed by atoms with Gasteiger partial charge in [-0.25, -0.2) is 0 Å². The maximum absolute atomic E-state index is 12.4. The van der Waals surface area contributed by atoms with Crippen LogP contribution in [0.25, 0.3) is 21.7 Å². The summed E-state index contributed by atoms with van der Waals surface area (Å²) < 4.78 is 1.94. The van der Waals surface area contributed by atoms with Crippen LogP contribution in [0, 0.1) is 4.77 Å². The first kappa shape index (κ1) is 18.2. The number of aromatic amines is 2. The maximum atomic E-state index is 12.4. The van der Waals surface area contributed by atoms with Crippen LogP contribution in [0.2, 0.25) is 0 Å². The van der Waals surface area contributed by atoms with Gasteiger partial charge in [0.15, 0.2) is 5.82 Å². The molecule has 0 radical (unpaired) electrons. The van der Waals surface area contributed by atoms with Crippen molar-refractivity contribution in [2.24, 2.45) is 5.10 Å². The number of aromatic nitrogens is 4. The van der Waals surface area contributed by atoms with Crippen LogP contribution in [0.1, 0.15) is 17.0 Å². The third kappa shape index (κ3) is 3.35. The van der Waals surface area contributed by atoms with Crippen LogP contribution in [-0.4, -0.2) is 26.1 Å². The van der Waals surface area contributed by atoms with Gasteiger partial charge in [-0.2, -0.15) is 14.9 Å². The van der Waals surface area contributed by atoms with Crippen LogP contribution in [0.15, 0.2) is 82.7 Å². The fourth-order valence-electron chi connectivity index (χ4n) is 3.55. The molecule has 2 heterocycles. The maximum Gasteiger partial charge on any atom is 0.257 e. The largest absolute Gasteiger partial charge is 0.321 e. The van der Waals surface area contributed by atoms with Gasteiger partial charge in [0.2, 0.25) is 4.77 Å². The van der Waals surface area contributed by atoms with Crippen LogP contribution in [0.3, 0.4) is 0 Å². The van der Waals surface area contributed by atoms with Gasteiger partial charge in [0.05, 0.1) is 11.8 Å². The Bertz CT molecular complexity index is 1520. The minimum Gasteiger partial charge on any atom is -0.321 e. The van der Waals surface area contributed by atoms with Crippen molar-refractivity contribution >= 4 is 40.1 Å². The Labute approximate surface area is 176 Å². The Morgan fingerprint density at radius 2 is 1.77 bits per heavy atom. The smallest absolute Gasteiger partial charge is 0.257 e. The molecule has 0 saturated heterocycles. The van der Waals surface area contributed by atoms with E-state index in [1.807, 2.05) is 48.5 Å². The first-order valence-corrected chi connectivity index (χ1v) is 9.89. The second kappa shape index (κ2) is 7.53. The standard InChI is InChI=1S/C23H17N5OS/c29-22-18(12-17-7-2-4-11-20(17)25-22)14-24-28-21(26-27-23(28)30)13-16-9-5-8-15-6-1-3-10-19(15)16/h1-12,14H,13H2,(H,25,29)(H,27,30)/b24-14+. The molecule has 6 nitrogen and oxygen atoms in total. The molecular formula is C23H17N5OS. The number of hydrogen-bond donors (Lipinski definition) is 2. The van der Waals surface area contributed by atoms with Crippen molar-refractivity contribution in [3.8, 4) is 0 Å². The summed E-state index contributed by atoms with van der Waals surface area (Å²) in [7, 11) is 0. The Hall–Kier alpha value is -3.84. The van der Waals surface area contributed by atoms with Gasteiger partial charge in [-0.05, 0) is 46.1 Å². The average Bonchev–Trinajstić information content (AvgIpc) is 3.11. The molecule has 0 unspecified atom stereocenters. The Morgan fingerprint density at radius 3 is 2.67 bits per heavy atom. The Kier molecular flexibility index (Phi) is 4.57. The second-order valence-electron chi connectivity index (χ2n) is 6.96. The molecule has 2 N–H and O–H groups in total. The number of rotatable bonds is 4. The van der Waals surface area contributed by atoms with E-state index in [2.05, 4.69) is 44.5 Å². The molecule has 7 heteroatoms. The van der Waals surface area contributed by atoms with Crippen molar-refractivity contribution in [3.05, 3.63) is 105 Å². The lowest BCUT2D eigenvalue weighted by molar-refractivity contribution is 0.793. The molecule has 0 aliphatic heterocycles. The number of hydrogen-bond acceptors (Lipinski definition) is 4. The minimum absolute atomic E-state index is 0.205. The molecule has 3 aromatic carbocycles. The van der Waals surface area contributed by atoms with Gasteiger partial charge in [0, 0.05) is 11.9 Å². The van der Waals surface area contributed by atoms with E-state index in [4.69, 9.17) is 12.2 Å². The summed E-state index contributed by atoms with van der Waals surface area (Å²) in [4.78, 5) is 15.3. The molecule has 30 heavy (non-hydrogen) atoms. The van der Waals surface area contributed by atoms with Crippen LogP contribution < -0.4 is 5.56 Å². The summed E-state index contributed by atoms with van der Waals surface area (Å²) in [5.74, 6) is 0.671. The number of fused-ring (bicyclic) bond motifs is 2. The van der Waals surface area contributed by atoms with Gasteiger partial charge in [0.25, 0.3) is 5.56 Å². The van der Waals surface area contributed by atoms with Crippen LogP contribution in [0.5, 0.6) is 0 Å². The van der Waals surface area contributed by atoms with Crippen LogP contribution >= 0.6 is 12.2 Å². The molecule has 0 aliphatic carbocycles. The van der Waals surface area contributed by atoms with E-state index in [9.17, 15) is 4.79 Å². The van der Waals surface area contributed by atoms with E-state index < -0.39 is 0 Å². The monoisotopic (exact) mass is 411 g/mol. The highest BCUT2D eigenvalue weighted by atomic mass is 32.1. The fourth-order valence-corrected chi connectivity index (χ4v) is 3.75. The highest BCUT2D eigenvalue weighted by molar-refractivity contribution is 7.71. The lowest BCUT2D eigenvalue weighted by atomic mass is 10.0. The number of H-pyrrole nitrogens is 2. The summed E-state index contributed by atoms with van der Waals surface area (Å²) >= 11 is 5.36. The third-order valence-corrected chi connectivity index (χ3v) is 5.30. The lowest BCUT2D eigenvalue weighted by Crippen LogP contribution is -2.12. The molecule has 0 aliphatic rings. The normalized spacial score (nSPS) is 11.6. The van der Waals surface area contributed by atoms with Crippen molar-refractivity contribution in [1.29, 1.82) is 0 Å². The number of benzene rings is 3. The van der Waals surface area contributed by atoms with Crippen molar-refractivity contribution in [2.45, 2.75) is 6.42 Å². The zero-order valence-electron chi connectivity index (χ0n) is 15.9. The SMILES string of the molecule is O=c1[nH]c2ccccc2cc1/C=N/n1c(Cc2cccc3ccccc23)n[nH]c1=S. The van der Waals surface area contributed by atoms with Gasteiger partial charge < -0.3 is 4.98 Å². The minimum atomic E-state index is -0.205. The summed E-state index contributed by atoms with van der Waals surface area (Å²) in [6.07, 6.45) is 2.07. The summed E-state index contributed by atoms with van der Waals surface area (Å²) in [6, 6.07) is 23.8. The summed E-state index contributed by atoms with van der Waals surface area (Å²) in [5.41, 5.74) is 2.16. The van der Waals surface area contributed by atoms with Gasteiger partial charge >= 0.3 is 0 Å². The molecule has 5 aromatic rings. The topological polar surface area (TPSA) is 78.8 Å². The van der Waals surface area contributed by atoms with Gasteiger partial charge in [-0.15, -0.1) is 0 Å². The quantitative estimate of drug-likeness (QED) is 0.340. The van der Waals surface area contributed by atoms with Gasteiger partial charge in [-0.3, -0.25) is 9.89 Å². The lowest BCUT2D eigenvalue weighted by Gasteiger charge is -2.06. The molecule has 0 atom stereocenters. The Morgan fingerprint density at radius 1 is 1.00 bits per heavy atom. The highest BCUT2D eigenvalue weighted by Gasteiger charge is 2.09. The van der Waals surface area contributed by atoms with Crippen LogP contribution in [-0.2, 0) is 6.42 Å². The molecule has 0 fully saturated rings. The molecule has 0 bridgehead atoms. The summed E-state index contributed by atoms with van der Waals surface area (Å²) in [6.45, 7) is 0. The molecular weight excluding hydrogens is 394 g/mol. The predicted molar refractivity (Wildman–Crippen MR) is 122 cm³/mol. The zero-order chi connectivity index (χ0) is 20.5. The van der Waals surface area contributed by atoms with E-state index in [1.54, 1.807) is 4.68 Å². The van der Waals surface area contributed by atoms with Crippen molar-refractivity contribution in [1.82, 2.24) is 19.9 Å². The van der Waals surface area contributed by atoms with E-state index in [-0.39, 0.29) is 5.56 Å². The molecule has 0 saturated carbocycles. The number of nitrogens with one attached hydrogen (secondary N) is 2. The van der Waals surface area contributed by atoms with Crippen molar-refractivity contribution < 1.29 is 0 Å². The molecule has 5 rings (SSSR count). The zero-order valence-corrected chi connectivity index (χ0v) is 16.7. The highest BCUT2D eigenvalue weighted by Crippen LogP contribution is 2.21. The molecule has 0 amide bonds. The predicted octanol–water partition coefficient (Wildman–Crippen LogP) is 4.41. The molecule has 146 valence electrons. The van der Waals surface area contributed by atoms with Crippen molar-refractivity contribution in [3.63, 3.8) is 0 Å². The van der Waals surface area contributed by atoms with E-state index in [1.165, 1.54) is 11.6 Å². The Balaban J connectivity index is 1.53. The van der Waals surface area contributed by atoms with E-state index in [0.717, 1.165) is 21.9 Å². The fraction of sp³-hybridized carbons (Fsp3) is 0.0435. The van der Waals surface area contributed by atoms with E-state index in [0.29, 0.717) is 22.6 Å². The second-order valence-corrected chi connectivity index (χ2v) is 7.34. The third-order valence-electron chi connectivity index (χ3n) is 5.04. The van der Waals surface area contributed by atoms with E-state index >= 15 is 0 Å². The van der Waals surface area contributed by atoms with Crippen LogP contribution in [0.4, 0.5) is 0 Å². The molecule has 0 spiro atoms. The molecule has 2 aromatic heterocycles. The first-order valence-electron chi connectivity index (χ1n) is 9.48. The number of para-hydroxylation sites is 1. The van der Waals surface area contributed by atoms with Gasteiger partial charge in [-0.1, -0.05) is 60.7 Å². The number of pyridine rings is 1. The van der Waals surface area contributed by atoms with Crippen molar-refractivity contribution in [2.75, 3.05) is 0 Å². The number of nitrogens with zero attached hydrogens (tertiary/aromatic N) is 3.